The first kappa shape index (κ1) is 9.89. The van der Waals surface area contributed by atoms with Crippen molar-refractivity contribution in [2.24, 2.45) is 0 Å². The highest BCUT2D eigenvalue weighted by molar-refractivity contribution is 9.10. The van der Waals surface area contributed by atoms with Gasteiger partial charge >= 0.3 is 0 Å². The zero-order chi connectivity index (χ0) is 10.2. The van der Waals surface area contributed by atoms with Gasteiger partial charge in [-0.3, -0.25) is 0 Å². The normalized spacial score (nSPS) is 25.4. The van der Waals surface area contributed by atoms with Gasteiger partial charge in [0.1, 0.15) is 21.6 Å². The molecule has 14 heavy (non-hydrogen) atoms. The zero-order valence-corrected chi connectivity index (χ0v) is 8.99. The van der Waals surface area contributed by atoms with E-state index in [4.69, 9.17) is 9.84 Å². The maximum Gasteiger partial charge on any atom is 0.143 e. The van der Waals surface area contributed by atoms with E-state index >= 15 is 0 Å². The minimum absolute atomic E-state index is 0.340. The standard InChI is InChI=1S/C9H10BrNO3/c10-7-2-1-6-8(11-7)9(13,5-12)3-4-14-6/h1-2,12-13H,3-5H2. The number of aliphatic hydroxyl groups is 2. The Morgan fingerprint density at radius 2 is 2.36 bits per heavy atom. The summed E-state index contributed by atoms with van der Waals surface area (Å²) in [4.78, 5) is 4.12. The summed E-state index contributed by atoms with van der Waals surface area (Å²) in [5.74, 6) is 0.538. The van der Waals surface area contributed by atoms with Crippen LogP contribution < -0.4 is 4.74 Å². The minimum atomic E-state index is -1.27. The van der Waals surface area contributed by atoms with Gasteiger partial charge in [-0.15, -0.1) is 0 Å². The van der Waals surface area contributed by atoms with E-state index in [9.17, 15) is 5.11 Å². The van der Waals surface area contributed by atoms with Crippen molar-refractivity contribution >= 4 is 15.9 Å². The molecule has 1 unspecified atom stereocenters. The van der Waals surface area contributed by atoms with Gasteiger partial charge in [0.2, 0.25) is 0 Å². The van der Waals surface area contributed by atoms with Crippen molar-refractivity contribution in [2.45, 2.75) is 12.0 Å². The van der Waals surface area contributed by atoms with E-state index < -0.39 is 5.60 Å². The van der Waals surface area contributed by atoms with Gasteiger partial charge in [-0.05, 0) is 28.1 Å². The van der Waals surface area contributed by atoms with E-state index in [0.717, 1.165) is 0 Å². The highest BCUT2D eigenvalue weighted by Gasteiger charge is 2.36. The van der Waals surface area contributed by atoms with Crippen LogP contribution in [0.25, 0.3) is 0 Å². The summed E-state index contributed by atoms with van der Waals surface area (Å²) < 4.78 is 5.94. The van der Waals surface area contributed by atoms with Gasteiger partial charge in [0.25, 0.3) is 0 Å². The Morgan fingerprint density at radius 1 is 1.57 bits per heavy atom. The number of aliphatic hydroxyl groups excluding tert-OH is 1. The first-order valence-corrected chi connectivity index (χ1v) is 5.08. The molecule has 0 amide bonds. The Labute approximate surface area is 89.7 Å². The molecule has 0 aliphatic carbocycles. The van der Waals surface area contributed by atoms with Crippen LogP contribution in [0.4, 0.5) is 0 Å². The smallest absolute Gasteiger partial charge is 0.143 e. The summed E-state index contributed by atoms with van der Waals surface area (Å²) in [6, 6.07) is 3.47. The lowest BCUT2D eigenvalue weighted by Gasteiger charge is -2.31. The van der Waals surface area contributed by atoms with Crippen molar-refractivity contribution in [2.75, 3.05) is 13.2 Å². The molecule has 1 atom stereocenters. The summed E-state index contributed by atoms with van der Waals surface area (Å²) in [7, 11) is 0. The Kier molecular flexibility index (Phi) is 2.47. The monoisotopic (exact) mass is 259 g/mol. The molecule has 0 aromatic carbocycles. The third-order valence-corrected chi connectivity index (χ3v) is 2.74. The third kappa shape index (κ3) is 1.51. The molecular formula is C9H10BrNO3. The lowest BCUT2D eigenvalue weighted by Crippen LogP contribution is -2.37. The maximum atomic E-state index is 10.0. The minimum Gasteiger partial charge on any atom is -0.491 e. The topological polar surface area (TPSA) is 62.6 Å². The molecule has 4 nitrogen and oxygen atoms in total. The summed E-state index contributed by atoms with van der Waals surface area (Å²) in [6.07, 6.45) is 0.361. The van der Waals surface area contributed by atoms with Crippen molar-refractivity contribution in [3.63, 3.8) is 0 Å². The fourth-order valence-electron chi connectivity index (χ4n) is 1.47. The van der Waals surface area contributed by atoms with Crippen LogP contribution in [0.3, 0.4) is 0 Å². The van der Waals surface area contributed by atoms with E-state index in [0.29, 0.717) is 29.1 Å². The molecular weight excluding hydrogens is 250 g/mol. The predicted molar refractivity (Wildman–Crippen MR) is 53.0 cm³/mol. The molecule has 1 aromatic rings. The molecule has 1 aromatic heterocycles. The van der Waals surface area contributed by atoms with Crippen LogP contribution in [-0.4, -0.2) is 28.4 Å². The first-order chi connectivity index (χ1) is 6.65. The highest BCUT2D eigenvalue weighted by Crippen LogP contribution is 2.35. The summed E-state index contributed by atoms with van der Waals surface area (Å²) in [5, 5.41) is 19.2. The van der Waals surface area contributed by atoms with Crippen molar-refractivity contribution < 1.29 is 14.9 Å². The number of nitrogens with zero attached hydrogens (tertiary/aromatic N) is 1. The molecule has 0 saturated heterocycles. The second-order valence-electron chi connectivity index (χ2n) is 3.27. The number of pyridine rings is 1. The molecule has 2 rings (SSSR count). The average molecular weight is 260 g/mol. The molecule has 0 spiro atoms. The molecule has 0 bridgehead atoms. The van der Waals surface area contributed by atoms with Crippen molar-refractivity contribution in [3.05, 3.63) is 22.4 Å². The van der Waals surface area contributed by atoms with Gasteiger partial charge in [-0.2, -0.15) is 0 Å². The van der Waals surface area contributed by atoms with Gasteiger partial charge in [0.05, 0.1) is 13.2 Å². The molecule has 76 valence electrons. The molecule has 2 N–H and O–H groups in total. The van der Waals surface area contributed by atoms with Gasteiger partial charge in [-0.1, -0.05) is 0 Å². The quantitative estimate of drug-likeness (QED) is 0.733. The molecule has 0 fully saturated rings. The Morgan fingerprint density at radius 3 is 3.07 bits per heavy atom. The third-order valence-electron chi connectivity index (χ3n) is 2.30. The first-order valence-electron chi connectivity index (χ1n) is 4.29. The SMILES string of the molecule is OCC1(O)CCOc2ccc(Br)nc21. The van der Waals surface area contributed by atoms with Crippen LogP contribution in [0.1, 0.15) is 12.1 Å². The van der Waals surface area contributed by atoms with E-state index in [-0.39, 0.29) is 6.61 Å². The van der Waals surface area contributed by atoms with Crippen molar-refractivity contribution in [1.82, 2.24) is 4.98 Å². The van der Waals surface area contributed by atoms with Crippen molar-refractivity contribution in [3.8, 4) is 5.75 Å². The van der Waals surface area contributed by atoms with Crippen LogP contribution in [-0.2, 0) is 5.60 Å². The fraction of sp³-hybridized carbons (Fsp3) is 0.444. The van der Waals surface area contributed by atoms with E-state index in [1.807, 2.05) is 0 Å². The van der Waals surface area contributed by atoms with Gasteiger partial charge < -0.3 is 14.9 Å². The predicted octanol–water partition coefficient (Wildman–Crippen LogP) is 0.806. The Bertz CT molecular complexity index is 358. The number of ether oxygens (including phenoxy) is 1. The lowest BCUT2D eigenvalue weighted by atomic mass is 9.94. The highest BCUT2D eigenvalue weighted by atomic mass is 79.9. The summed E-state index contributed by atoms with van der Waals surface area (Å²) >= 11 is 3.21. The number of rotatable bonds is 1. The molecule has 1 aliphatic rings. The molecule has 0 radical (unpaired) electrons. The maximum absolute atomic E-state index is 10.0. The number of fused-ring (bicyclic) bond motifs is 1. The van der Waals surface area contributed by atoms with Gasteiger partial charge in [-0.25, -0.2) is 4.98 Å². The largest absolute Gasteiger partial charge is 0.491 e. The van der Waals surface area contributed by atoms with Crippen LogP contribution in [0, 0.1) is 0 Å². The van der Waals surface area contributed by atoms with Crippen molar-refractivity contribution in [1.29, 1.82) is 0 Å². The molecule has 5 heteroatoms. The molecule has 2 heterocycles. The second kappa shape index (κ2) is 3.49. The number of halogens is 1. The fourth-order valence-corrected chi connectivity index (χ4v) is 1.78. The van der Waals surface area contributed by atoms with Crippen LogP contribution in [0.2, 0.25) is 0 Å². The van der Waals surface area contributed by atoms with E-state index in [1.165, 1.54) is 0 Å². The van der Waals surface area contributed by atoms with Gasteiger partial charge in [0.15, 0.2) is 0 Å². The Balaban J connectivity index is 2.52. The molecule has 1 aliphatic heterocycles. The van der Waals surface area contributed by atoms with E-state index in [2.05, 4.69) is 20.9 Å². The summed E-state index contributed by atoms with van der Waals surface area (Å²) in [6.45, 7) is 0.0557. The van der Waals surface area contributed by atoms with Crippen LogP contribution in [0.15, 0.2) is 16.7 Å². The number of hydrogen-bond acceptors (Lipinski definition) is 4. The summed E-state index contributed by atoms with van der Waals surface area (Å²) in [5.41, 5.74) is -0.863. The van der Waals surface area contributed by atoms with Gasteiger partial charge in [0, 0.05) is 6.42 Å². The second-order valence-corrected chi connectivity index (χ2v) is 4.08. The zero-order valence-electron chi connectivity index (χ0n) is 7.40. The number of hydrogen-bond donors (Lipinski definition) is 2. The van der Waals surface area contributed by atoms with Crippen LogP contribution in [0.5, 0.6) is 5.75 Å². The number of aromatic nitrogens is 1. The van der Waals surface area contributed by atoms with Crippen LogP contribution >= 0.6 is 15.9 Å². The lowest BCUT2D eigenvalue weighted by molar-refractivity contribution is -0.0514. The Hall–Kier alpha value is -0.650. The van der Waals surface area contributed by atoms with E-state index in [1.54, 1.807) is 12.1 Å². The molecule has 0 saturated carbocycles. The average Bonchev–Trinajstić information content (AvgIpc) is 2.20.